The van der Waals surface area contributed by atoms with Gasteiger partial charge in [0, 0.05) is 11.6 Å². The van der Waals surface area contributed by atoms with E-state index in [0.29, 0.717) is 17.6 Å². The molecule has 1 aromatic heterocycles. The van der Waals surface area contributed by atoms with Gasteiger partial charge in [-0.1, -0.05) is 25.1 Å². The van der Waals surface area contributed by atoms with Gasteiger partial charge in [0.2, 0.25) is 5.91 Å². The fraction of sp³-hybridized carbons (Fsp3) is 0.267. The molecule has 6 heteroatoms. The number of hydrogen-bond donors (Lipinski definition) is 3. The second-order valence-corrected chi connectivity index (χ2v) is 5.01. The van der Waals surface area contributed by atoms with E-state index in [0.717, 1.165) is 5.39 Å². The minimum Gasteiger partial charge on any atom is -0.368 e. The van der Waals surface area contributed by atoms with E-state index in [2.05, 4.69) is 15.6 Å². The molecule has 4 N–H and O–H groups in total. The smallest absolute Gasteiger partial charge is 0.320 e. The number of nitrogens with one attached hydrogen (secondary N) is 2. The zero-order valence-corrected chi connectivity index (χ0v) is 12.0. The maximum absolute atomic E-state index is 12.1. The summed E-state index contributed by atoms with van der Waals surface area (Å²) in [4.78, 5) is 27.7. The molecule has 1 unspecified atom stereocenters. The van der Waals surface area contributed by atoms with Gasteiger partial charge in [-0.3, -0.25) is 9.78 Å². The van der Waals surface area contributed by atoms with Crippen LogP contribution < -0.4 is 16.4 Å². The van der Waals surface area contributed by atoms with Gasteiger partial charge >= 0.3 is 6.03 Å². The molecule has 2 aromatic rings. The van der Waals surface area contributed by atoms with E-state index < -0.39 is 17.5 Å². The highest BCUT2D eigenvalue weighted by atomic mass is 16.2. The van der Waals surface area contributed by atoms with E-state index in [1.807, 2.05) is 24.3 Å². The number of pyridine rings is 1. The second-order valence-electron chi connectivity index (χ2n) is 5.01. The number of nitrogens with two attached hydrogens (primary N) is 1. The van der Waals surface area contributed by atoms with Gasteiger partial charge in [0.25, 0.3) is 0 Å². The van der Waals surface area contributed by atoms with Gasteiger partial charge in [-0.2, -0.15) is 0 Å². The number of urea groups is 1. The average Bonchev–Trinajstić information content (AvgIpc) is 2.47. The van der Waals surface area contributed by atoms with Crippen molar-refractivity contribution in [3.63, 3.8) is 0 Å². The topological polar surface area (TPSA) is 97.1 Å². The highest BCUT2D eigenvalue weighted by Crippen LogP contribution is 2.20. The van der Waals surface area contributed by atoms with Crippen molar-refractivity contribution in [3.8, 4) is 0 Å². The predicted molar refractivity (Wildman–Crippen MR) is 81.8 cm³/mol. The Balaban J connectivity index is 2.21. The van der Waals surface area contributed by atoms with E-state index in [-0.39, 0.29) is 0 Å². The maximum atomic E-state index is 12.1. The third kappa shape index (κ3) is 3.10. The van der Waals surface area contributed by atoms with Crippen molar-refractivity contribution in [2.24, 2.45) is 5.73 Å². The van der Waals surface area contributed by atoms with Gasteiger partial charge in [-0.05, 0) is 25.5 Å². The first-order valence-corrected chi connectivity index (χ1v) is 6.69. The summed E-state index contributed by atoms with van der Waals surface area (Å²) < 4.78 is 0. The average molecular weight is 286 g/mol. The van der Waals surface area contributed by atoms with Crippen LogP contribution in [0.3, 0.4) is 0 Å². The summed E-state index contributed by atoms with van der Waals surface area (Å²) in [6, 6.07) is 8.73. The Labute approximate surface area is 122 Å². The van der Waals surface area contributed by atoms with Gasteiger partial charge in [0.1, 0.15) is 5.54 Å². The second kappa shape index (κ2) is 5.78. The van der Waals surface area contributed by atoms with Crippen LogP contribution in [0.1, 0.15) is 20.3 Å². The number of nitrogens with zero attached hydrogens (tertiary/aromatic N) is 1. The Morgan fingerprint density at radius 3 is 2.67 bits per heavy atom. The van der Waals surface area contributed by atoms with Crippen molar-refractivity contribution in [3.05, 3.63) is 36.5 Å². The molecule has 0 saturated carbocycles. The van der Waals surface area contributed by atoms with Crippen LogP contribution in [0.15, 0.2) is 36.5 Å². The van der Waals surface area contributed by atoms with Crippen molar-refractivity contribution in [1.82, 2.24) is 10.3 Å². The molecule has 3 amide bonds. The number of para-hydroxylation sites is 1. The molecule has 2 rings (SSSR count). The molecule has 0 spiro atoms. The Kier molecular flexibility index (Phi) is 4.07. The van der Waals surface area contributed by atoms with Crippen LogP contribution in [0.2, 0.25) is 0 Å². The third-order valence-corrected chi connectivity index (χ3v) is 3.52. The normalized spacial score (nSPS) is 13.4. The first-order valence-electron chi connectivity index (χ1n) is 6.69. The van der Waals surface area contributed by atoms with Crippen molar-refractivity contribution in [2.75, 3.05) is 5.32 Å². The lowest BCUT2D eigenvalue weighted by Crippen LogP contribution is -2.56. The number of hydrogen-bond acceptors (Lipinski definition) is 3. The van der Waals surface area contributed by atoms with Crippen LogP contribution in [0.4, 0.5) is 10.5 Å². The van der Waals surface area contributed by atoms with Crippen molar-refractivity contribution in [2.45, 2.75) is 25.8 Å². The molecular formula is C15H18N4O2. The molecule has 1 aromatic carbocycles. The Bertz CT molecular complexity index is 681. The van der Waals surface area contributed by atoms with Crippen molar-refractivity contribution in [1.29, 1.82) is 0 Å². The van der Waals surface area contributed by atoms with E-state index in [1.165, 1.54) is 0 Å². The maximum Gasteiger partial charge on any atom is 0.320 e. The SMILES string of the molecule is CCC(C)(NC(=O)Nc1cccc2cccnc12)C(N)=O. The standard InChI is InChI=1S/C15H18N4O2/c1-3-15(2,13(16)20)19-14(21)18-11-8-4-6-10-7-5-9-17-12(10)11/h4-9H,3H2,1-2H3,(H2,16,20)(H2,18,19,21). The number of carbonyl (C=O) groups is 2. The monoisotopic (exact) mass is 286 g/mol. The van der Waals surface area contributed by atoms with Crippen LogP contribution in [-0.2, 0) is 4.79 Å². The first kappa shape index (κ1) is 14.8. The summed E-state index contributed by atoms with van der Waals surface area (Å²) in [5.41, 5.74) is 5.50. The lowest BCUT2D eigenvalue weighted by molar-refractivity contribution is -0.123. The molecular weight excluding hydrogens is 268 g/mol. The highest BCUT2D eigenvalue weighted by Gasteiger charge is 2.30. The van der Waals surface area contributed by atoms with Gasteiger partial charge in [0.15, 0.2) is 0 Å². The fourth-order valence-electron chi connectivity index (χ4n) is 1.93. The molecule has 1 atom stereocenters. The molecule has 1 heterocycles. The number of aromatic nitrogens is 1. The van der Waals surface area contributed by atoms with Crippen LogP contribution in [-0.4, -0.2) is 22.5 Å². The van der Waals surface area contributed by atoms with E-state index in [4.69, 9.17) is 5.73 Å². The molecule has 21 heavy (non-hydrogen) atoms. The van der Waals surface area contributed by atoms with E-state index >= 15 is 0 Å². The number of amides is 3. The van der Waals surface area contributed by atoms with Crippen LogP contribution in [0, 0.1) is 0 Å². The quantitative estimate of drug-likeness (QED) is 0.802. The van der Waals surface area contributed by atoms with Crippen molar-refractivity contribution >= 4 is 28.5 Å². The largest absolute Gasteiger partial charge is 0.368 e. The van der Waals surface area contributed by atoms with E-state index in [9.17, 15) is 9.59 Å². The summed E-state index contributed by atoms with van der Waals surface area (Å²) in [5.74, 6) is -0.573. The number of benzene rings is 1. The lowest BCUT2D eigenvalue weighted by Gasteiger charge is -2.25. The molecule has 0 aliphatic carbocycles. The van der Waals surface area contributed by atoms with Gasteiger partial charge < -0.3 is 16.4 Å². The highest BCUT2D eigenvalue weighted by molar-refractivity contribution is 6.01. The Morgan fingerprint density at radius 1 is 1.29 bits per heavy atom. The number of anilines is 1. The predicted octanol–water partition coefficient (Wildman–Crippen LogP) is 2.01. The molecule has 0 aliphatic rings. The molecule has 0 fully saturated rings. The summed E-state index contributed by atoms with van der Waals surface area (Å²) >= 11 is 0. The summed E-state index contributed by atoms with van der Waals surface area (Å²) in [7, 11) is 0. The third-order valence-electron chi connectivity index (χ3n) is 3.52. The zero-order valence-electron chi connectivity index (χ0n) is 12.0. The van der Waals surface area contributed by atoms with Gasteiger partial charge in [0.05, 0.1) is 11.2 Å². The lowest BCUT2D eigenvalue weighted by atomic mass is 9.98. The Morgan fingerprint density at radius 2 is 2.00 bits per heavy atom. The molecule has 0 bridgehead atoms. The van der Waals surface area contributed by atoms with Crippen molar-refractivity contribution < 1.29 is 9.59 Å². The molecule has 110 valence electrons. The van der Waals surface area contributed by atoms with Gasteiger partial charge in [-0.25, -0.2) is 4.79 Å². The number of primary amides is 1. The molecule has 0 saturated heterocycles. The van der Waals surface area contributed by atoms with Crippen LogP contribution in [0.25, 0.3) is 10.9 Å². The first-order chi connectivity index (χ1) is 9.96. The minimum absolute atomic E-state index is 0.406. The molecule has 6 nitrogen and oxygen atoms in total. The fourth-order valence-corrected chi connectivity index (χ4v) is 1.93. The Hall–Kier alpha value is -2.63. The zero-order chi connectivity index (χ0) is 15.5. The van der Waals surface area contributed by atoms with Gasteiger partial charge in [-0.15, -0.1) is 0 Å². The minimum atomic E-state index is -1.08. The number of carbonyl (C=O) groups excluding carboxylic acids is 2. The summed E-state index contributed by atoms with van der Waals surface area (Å²) in [5, 5.41) is 6.23. The summed E-state index contributed by atoms with van der Waals surface area (Å²) in [6.45, 7) is 3.38. The van der Waals surface area contributed by atoms with E-state index in [1.54, 1.807) is 26.1 Å². The number of fused-ring (bicyclic) bond motifs is 1. The number of rotatable bonds is 4. The van der Waals surface area contributed by atoms with Crippen LogP contribution in [0.5, 0.6) is 0 Å². The molecule has 0 aliphatic heterocycles. The summed E-state index contributed by atoms with van der Waals surface area (Å²) in [6.07, 6.45) is 2.06. The molecule has 0 radical (unpaired) electrons. The van der Waals surface area contributed by atoms with Crippen LogP contribution >= 0.6 is 0 Å².